The first kappa shape index (κ1) is 19.7. The van der Waals surface area contributed by atoms with Crippen molar-refractivity contribution in [3.8, 4) is 5.75 Å². The molecule has 0 aliphatic rings. The smallest absolute Gasteiger partial charge is 0.258 e. The molecular formula is C21H26N2O3. The number of nitrogens with one attached hydrogen (secondary N) is 1. The molecule has 0 saturated heterocycles. The first-order valence-corrected chi connectivity index (χ1v) is 8.90. The van der Waals surface area contributed by atoms with Gasteiger partial charge in [0.15, 0.2) is 12.9 Å². The highest BCUT2D eigenvalue weighted by Gasteiger charge is 2.06. The monoisotopic (exact) mass is 354 g/mol. The lowest BCUT2D eigenvalue weighted by Gasteiger charge is -2.18. The number of carbonyl (C=O) groups is 2. The molecular weight excluding hydrogens is 328 g/mol. The molecule has 1 N–H and O–H groups in total. The summed E-state index contributed by atoms with van der Waals surface area (Å²) in [7, 11) is 0. The van der Waals surface area contributed by atoms with Crippen LogP contribution in [0, 0.1) is 0 Å². The van der Waals surface area contributed by atoms with Crippen molar-refractivity contribution in [1.29, 1.82) is 0 Å². The van der Waals surface area contributed by atoms with Gasteiger partial charge in [-0.3, -0.25) is 14.5 Å². The zero-order valence-electron chi connectivity index (χ0n) is 15.4. The predicted molar refractivity (Wildman–Crippen MR) is 102 cm³/mol. The van der Waals surface area contributed by atoms with E-state index in [-0.39, 0.29) is 12.5 Å². The van der Waals surface area contributed by atoms with Gasteiger partial charge in [-0.15, -0.1) is 0 Å². The molecule has 5 heteroatoms. The minimum absolute atomic E-state index is 0.120. The van der Waals surface area contributed by atoms with Gasteiger partial charge in [-0.2, -0.15) is 0 Å². The van der Waals surface area contributed by atoms with Crippen LogP contribution in [0.5, 0.6) is 5.75 Å². The summed E-state index contributed by atoms with van der Waals surface area (Å²) >= 11 is 0. The van der Waals surface area contributed by atoms with Crippen molar-refractivity contribution >= 4 is 12.2 Å². The first-order chi connectivity index (χ1) is 12.7. The molecule has 0 unspecified atom stereocenters. The Morgan fingerprint density at radius 1 is 1.04 bits per heavy atom. The number of carbonyl (C=O) groups excluding carboxylic acids is 2. The van der Waals surface area contributed by atoms with Crippen LogP contribution in [0.25, 0.3) is 0 Å². The Hall–Kier alpha value is -2.66. The summed E-state index contributed by atoms with van der Waals surface area (Å²) in [5, 5.41) is 2.83. The van der Waals surface area contributed by atoms with E-state index >= 15 is 0 Å². The summed E-state index contributed by atoms with van der Waals surface area (Å²) in [5.41, 5.74) is 2.73. The number of rotatable bonds is 10. The molecule has 0 spiro atoms. The quantitative estimate of drug-likeness (QED) is 0.666. The second-order valence-electron chi connectivity index (χ2n) is 6.00. The summed E-state index contributed by atoms with van der Waals surface area (Å²) in [6, 6.07) is 15.1. The molecule has 26 heavy (non-hydrogen) atoms. The Morgan fingerprint density at radius 3 is 2.35 bits per heavy atom. The highest BCUT2D eigenvalue weighted by Crippen LogP contribution is 2.15. The van der Waals surface area contributed by atoms with Crippen LogP contribution >= 0.6 is 0 Å². The molecule has 0 saturated carbocycles. The maximum atomic E-state index is 11.9. The Morgan fingerprint density at radius 2 is 1.69 bits per heavy atom. The maximum absolute atomic E-state index is 11.9. The average Bonchev–Trinajstić information content (AvgIpc) is 2.69. The highest BCUT2D eigenvalue weighted by molar-refractivity contribution is 5.80. The zero-order chi connectivity index (χ0) is 18.8. The standard InChI is InChI=1S/C21H26N2O3/c1-3-23(4-2)14-18-11-9-17(10-12-18)13-22-21(25)16-26-20-8-6-5-7-19(20)15-24/h5-12,15H,3-4,13-14,16H2,1-2H3,(H,22,25). The van der Waals surface area contributed by atoms with Gasteiger partial charge in [-0.25, -0.2) is 0 Å². The molecule has 0 aliphatic carbocycles. The lowest BCUT2D eigenvalue weighted by molar-refractivity contribution is -0.123. The fourth-order valence-corrected chi connectivity index (χ4v) is 2.57. The first-order valence-electron chi connectivity index (χ1n) is 8.90. The van der Waals surface area contributed by atoms with Crippen molar-refractivity contribution in [2.75, 3.05) is 19.7 Å². The third kappa shape index (κ3) is 6.01. The fourth-order valence-electron chi connectivity index (χ4n) is 2.57. The van der Waals surface area contributed by atoms with Crippen molar-refractivity contribution in [2.45, 2.75) is 26.9 Å². The highest BCUT2D eigenvalue weighted by atomic mass is 16.5. The number of hydrogen-bond donors (Lipinski definition) is 1. The summed E-state index contributed by atoms with van der Waals surface area (Å²) in [6.45, 7) is 7.63. The number of hydrogen-bond acceptors (Lipinski definition) is 4. The van der Waals surface area contributed by atoms with E-state index in [0.717, 1.165) is 25.2 Å². The van der Waals surface area contributed by atoms with E-state index in [1.165, 1.54) is 5.56 Å². The van der Waals surface area contributed by atoms with Crippen LogP contribution < -0.4 is 10.1 Å². The molecule has 5 nitrogen and oxygen atoms in total. The Balaban J connectivity index is 1.79. The van der Waals surface area contributed by atoms with Crippen LogP contribution in [0.2, 0.25) is 0 Å². The van der Waals surface area contributed by atoms with Crippen LogP contribution in [0.15, 0.2) is 48.5 Å². The number of nitrogens with zero attached hydrogens (tertiary/aromatic N) is 1. The van der Waals surface area contributed by atoms with Gasteiger partial charge in [0.25, 0.3) is 5.91 Å². The lowest BCUT2D eigenvalue weighted by Crippen LogP contribution is -2.28. The SMILES string of the molecule is CCN(CC)Cc1ccc(CNC(=O)COc2ccccc2C=O)cc1. The number of para-hydroxylation sites is 1. The zero-order valence-corrected chi connectivity index (χ0v) is 15.4. The molecule has 0 aliphatic heterocycles. The van der Waals surface area contributed by atoms with E-state index in [2.05, 4.69) is 36.2 Å². The summed E-state index contributed by atoms with van der Waals surface area (Å²) in [6.07, 6.45) is 0.715. The van der Waals surface area contributed by atoms with Gasteiger partial charge in [-0.1, -0.05) is 50.2 Å². The topological polar surface area (TPSA) is 58.6 Å². The van der Waals surface area contributed by atoms with E-state index in [4.69, 9.17) is 4.74 Å². The Labute approximate surface area is 155 Å². The third-order valence-corrected chi connectivity index (χ3v) is 4.22. The summed E-state index contributed by atoms with van der Waals surface area (Å²) < 4.78 is 5.42. The van der Waals surface area contributed by atoms with E-state index in [9.17, 15) is 9.59 Å². The van der Waals surface area contributed by atoms with Gasteiger partial charge < -0.3 is 10.1 Å². The number of ether oxygens (including phenoxy) is 1. The van der Waals surface area contributed by atoms with Crippen molar-refractivity contribution in [2.24, 2.45) is 0 Å². The average molecular weight is 354 g/mol. The van der Waals surface area contributed by atoms with Gasteiger partial charge in [-0.05, 0) is 36.3 Å². The predicted octanol–water partition coefficient (Wildman–Crippen LogP) is 3.04. The normalized spacial score (nSPS) is 10.6. The second kappa shape index (κ2) is 10.4. The van der Waals surface area contributed by atoms with Gasteiger partial charge in [0.1, 0.15) is 5.75 Å². The molecule has 0 fully saturated rings. The minimum atomic E-state index is -0.224. The van der Waals surface area contributed by atoms with E-state index in [1.807, 2.05) is 12.1 Å². The van der Waals surface area contributed by atoms with E-state index < -0.39 is 0 Å². The van der Waals surface area contributed by atoms with Crippen molar-refractivity contribution < 1.29 is 14.3 Å². The number of benzene rings is 2. The second-order valence-corrected chi connectivity index (χ2v) is 6.00. The summed E-state index contributed by atoms with van der Waals surface area (Å²) in [4.78, 5) is 25.2. The molecule has 0 radical (unpaired) electrons. The van der Waals surface area contributed by atoms with Crippen LogP contribution in [-0.2, 0) is 17.9 Å². The van der Waals surface area contributed by atoms with Crippen molar-refractivity contribution in [3.05, 3.63) is 65.2 Å². The van der Waals surface area contributed by atoms with Gasteiger partial charge in [0, 0.05) is 13.1 Å². The van der Waals surface area contributed by atoms with E-state index in [0.29, 0.717) is 24.1 Å². The van der Waals surface area contributed by atoms with Gasteiger partial charge >= 0.3 is 0 Å². The Kier molecular flexibility index (Phi) is 7.83. The number of amides is 1. The molecule has 0 bridgehead atoms. The minimum Gasteiger partial charge on any atom is -0.483 e. The van der Waals surface area contributed by atoms with Gasteiger partial charge in [0.05, 0.1) is 5.56 Å². The van der Waals surface area contributed by atoms with E-state index in [1.54, 1.807) is 24.3 Å². The Bertz CT molecular complexity index is 709. The molecule has 2 aromatic carbocycles. The molecule has 0 atom stereocenters. The van der Waals surface area contributed by atoms with Crippen LogP contribution in [-0.4, -0.2) is 36.8 Å². The third-order valence-electron chi connectivity index (χ3n) is 4.22. The maximum Gasteiger partial charge on any atom is 0.258 e. The summed E-state index contributed by atoms with van der Waals surface area (Å²) in [5.74, 6) is 0.191. The lowest BCUT2D eigenvalue weighted by atomic mass is 10.1. The van der Waals surface area contributed by atoms with Crippen molar-refractivity contribution in [3.63, 3.8) is 0 Å². The molecule has 0 heterocycles. The molecule has 2 aromatic rings. The molecule has 138 valence electrons. The van der Waals surface area contributed by atoms with Crippen LogP contribution in [0.3, 0.4) is 0 Å². The molecule has 2 rings (SSSR count). The molecule has 1 amide bonds. The van der Waals surface area contributed by atoms with Gasteiger partial charge in [0.2, 0.25) is 0 Å². The number of aldehydes is 1. The largest absolute Gasteiger partial charge is 0.483 e. The van der Waals surface area contributed by atoms with Crippen LogP contribution in [0.1, 0.15) is 35.3 Å². The van der Waals surface area contributed by atoms with Crippen LogP contribution in [0.4, 0.5) is 0 Å². The van der Waals surface area contributed by atoms with Crippen molar-refractivity contribution in [1.82, 2.24) is 10.2 Å². The fraction of sp³-hybridized carbons (Fsp3) is 0.333. The molecule has 0 aromatic heterocycles.